The molecule has 0 rings (SSSR count). The molecule has 0 aliphatic rings. The van der Waals surface area contributed by atoms with E-state index in [9.17, 15) is 14.7 Å². The lowest BCUT2D eigenvalue weighted by molar-refractivity contribution is -0.153. The van der Waals surface area contributed by atoms with Crippen molar-refractivity contribution in [2.24, 2.45) is 0 Å². The Morgan fingerprint density at radius 2 is 0.596 bits per heavy atom. The molecule has 0 aliphatic heterocycles. The molecule has 0 aromatic heterocycles. The van der Waals surface area contributed by atoms with Crippen LogP contribution < -0.4 is 0 Å². The average Bonchev–Trinajstić information content (AvgIpc) is 3.13. The molecule has 1 unspecified atom stereocenters. The Morgan fingerprint density at radius 1 is 0.365 bits per heavy atom. The van der Waals surface area contributed by atoms with Gasteiger partial charge in [0.15, 0.2) is 0 Å². The van der Waals surface area contributed by atoms with Crippen LogP contribution in [0.15, 0.2) is 0 Å². The van der Waals surface area contributed by atoms with Gasteiger partial charge >= 0.3 is 11.9 Å². The number of aliphatic carboxylic acids is 1. The molecule has 4 nitrogen and oxygen atoms in total. The summed E-state index contributed by atoms with van der Waals surface area (Å²) in [6.45, 7) is 4.58. The van der Waals surface area contributed by atoms with Crippen LogP contribution in [-0.2, 0) is 14.3 Å². The highest BCUT2D eigenvalue weighted by Crippen LogP contribution is 2.18. The van der Waals surface area contributed by atoms with Crippen LogP contribution in [0.4, 0.5) is 0 Å². The minimum Gasteiger partial charge on any atom is -0.481 e. The van der Waals surface area contributed by atoms with Crippen molar-refractivity contribution in [1.82, 2.24) is 0 Å². The summed E-state index contributed by atoms with van der Waals surface area (Å²) in [5, 5.41) is 9.32. The van der Waals surface area contributed by atoms with Crippen molar-refractivity contribution in [2.75, 3.05) is 0 Å². The molecule has 1 N–H and O–H groups in total. The van der Waals surface area contributed by atoms with Gasteiger partial charge in [0.1, 0.15) is 6.10 Å². The molecule has 0 saturated heterocycles. The standard InChI is InChI=1S/C48H94O4/c1-3-5-7-9-11-13-15-17-19-21-23-24-26-28-30-32-34-36-38-40-42-44-48(51)52-46(45-47(49)50)43-41-39-37-35-33-31-29-27-25-22-20-18-16-14-12-10-8-6-4-2/h46H,3-45H2,1-2H3,(H,49,50). The summed E-state index contributed by atoms with van der Waals surface area (Å²) < 4.78 is 5.62. The van der Waals surface area contributed by atoms with E-state index in [1.165, 1.54) is 231 Å². The lowest BCUT2D eigenvalue weighted by Gasteiger charge is -2.16. The molecule has 0 bridgehead atoms. The van der Waals surface area contributed by atoms with Crippen LogP contribution in [0.25, 0.3) is 0 Å². The number of carboxylic acids is 1. The highest BCUT2D eigenvalue weighted by Gasteiger charge is 2.17. The van der Waals surface area contributed by atoms with Gasteiger partial charge in [0, 0.05) is 6.42 Å². The normalized spacial score (nSPS) is 12.0. The van der Waals surface area contributed by atoms with Crippen molar-refractivity contribution in [3.8, 4) is 0 Å². The molecule has 52 heavy (non-hydrogen) atoms. The smallest absolute Gasteiger partial charge is 0.307 e. The Kier molecular flexibility index (Phi) is 43.4. The van der Waals surface area contributed by atoms with Gasteiger partial charge < -0.3 is 9.84 Å². The first-order valence-electron chi connectivity index (χ1n) is 24.0. The molecule has 0 aromatic rings. The number of carboxylic acid groups (broad SMARTS) is 1. The van der Waals surface area contributed by atoms with E-state index < -0.39 is 12.1 Å². The molecule has 0 amide bonds. The van der Waals surface area contributed by atoms with E-state index in [-0.39, 0.29) is 12.4 Å². The Balaban J connectivity index is 3.52. The third-order valence-electron chi connectivity index (χ3n) is 11.3. The van der Waals surface area contributed by atoms with Crippen LogP contribution in [0.5, 0.6) is 0 Å². The van der Waals surface area contributed by atoms with E-state index in [0.29, 0.717) is 12.8 Å². The van der Waals surface area contributed by atoms with Crippen molar-refractivity contribution >= 4 is 11.9 Å². The van der Waals surface area contributed by atoms with Crippen molar-refractivity contribution in [1.29, 1.82) is 0 Å². The predicted molar refractivity (Wildman–Crippen MR) is 227 cm³/mol. The molecular formula is C48H94O4. The fourth-order valence-corrected chi connectivity index (χ4v) is 7.79. The summed E-state index contributed by atoms with van der Waals surface area (Å²) in [5.41, 5.74) is 0. The average molecular weight is 735 g/mol. The number of esters is 1. The quantitative estimate of drug-likeness (QED) is 0.0500. The van der Waals surface area contributed by atoms with E-state index in [1.807, 2.05) is 0 Å². The highest BCUT2D eigenvalue weighted by atomic mass is 16.5. The van der Waals surface area contributed by atoms with Gasteiger partial charge in [-0.2, -0.15) is 0 Å². The van der Waals surface area contributed by atoms with Crippen LogP contribution >= 0.6 is 0 Å². The van der Waals surface area contributed by atoms with Crippen LogP contribution in [-0.4, -0.2) is 23.1 Å². The minimum atomic E-state index is -0.871. The monoisotopic (exact) mass is 735 g/mol. The summed E-state index contributed by atoms with van der Waals surface area (Å²) in [4.78, 5) is 23.8. The first-order chi connectivity index (χ1) is 25.6. The number of hydrogen-bond donors (Lipinski definition) is 1. The Labute approximate surface area is 326 Å². The van der Waals surface area contributed by atoms with Crippen molar-refractivity contribution in [3.63, 3.8) is 0 Å². The molecule has 0 aromatic carbocycles. The number of hydrogen-bond acceptors (Lipinski definition) is 3. The van der Waals surface area contributed by atoms with Gasteiger partial charge in [0.25, 0.3) is 0 Å². The number of unbranched alkanes of at least 4 members (excludes halogenated alkanes) is 38. The third-order valence-corrected chi connectivity index (χ3v) is 11.3. The van der Waals surface area contributed by atoms with Crippen LogP contribution in [0.2, 0.25) is 0 Å². The van der Waals surface area contributed by atoms with Crippen molar-refractivity contribution < 1.29 is 19.4 Å². The molecule has 0 fully saturated rings. The van der Waals surface area contributed by atoms with E-state index >= 15 is 0 Å². The van der Waals surface area contributed by atoms with E-state index in [0.717, 1.165) is 25.7 Å². The van der Waals surface area contributed by atoms with E-state index in [4.69, 9.17) is 4.74 Å². The van der Waals surface area contributed by atoms with Gasteiger partial charge in [0.2, 0.25) is 0 Å². The second-order valence-corrected chi connectivity index (χ2v) is 16.7. The maximum Gasteiger partial charge on any atom is 0.307 e. The van der Waals surface area contributed by atoms with Crippen molar-refractivity contribution in [2.45, 2.75) is 296 Å². The highest BCUT2D eigenvalue weighted by molar-refractivity contribution is 5.71. The molecule has 1 atom stereocenters. The topological polar surface area (TPSA) is 63.6 Å². The van der Waals surface area contributed by atoms with E-state index in [1.54, 1.807) is 0 Å². The minimum absolute atomic E-state index is 0.0654. The first kappa shape index (κ1) is 50.9. The maximum atomic E-state index is 12.4. The SMILES string of the molecule is CCCCCCCCCCCCCCCCCCCCCCCC(=O)OC(CCCCCCCCCCCCCCCCCCCCC)CC(=O)O. The van der Waals surface area contributed by atoms with E-state index in [2.05, 4.69) is 13.8 Å². The molecule has 0 spiro atoms. The van der Waals surface area contributed by atoms with Crippen LogP contribution in [0.3, 0.4) is 0 Å². The van der Waals surface area contributed by atoms with Crippen molar-refractivity contribution in [3.05, 3.63) is 0 Å². The zero-order chi connectivity index (χ0) is 37.8. The Bertz CT molecular complexity index is 706. The molecule has 310 valence electrons. The summed E-state index contributed by atoms with van der Waals surface area (Å²) in [6.07, 6.45) is 54.4. The molecule has 0 saturated carbocycles. The lowest BCUT2D eigenvalue weighted by atomic mass is 10.0. The van der Waals surface area contributed by atoms with Gasteiger partial charge in [-0.05, 0) is 19.3 Å². The number of ether oxygens (including phenoxy) is 1. The number of carbonyl (C=O) groups is 2. The van der Waals surface area contributed by atoms with Gasteiger partial charge in [-0.3, -0.25) is 9.59 Å². The number of rotatable bonds is 45. The van der Waals surface area contributed by atoms with Crippen LogP contribution in [0, 0.1) is 0 Å². The van der Waals surface area contributed by atoms with Gasteiger partial charge in [-0.25, -0.2) is 0 Å². The summed E-state index contributed by atoms with van der Waals surface area (Å²) >= 11 is 0. The third kappa shape index (κ3) is 43.3. The lowest BCUT2D eigenvalue weighted by Crippen LogP contribution is -2.21. The molecule has 0 radical (unpaired) electrons. The Hall–Kier alpha value is -1.06. The summed E-state index contributed by atoms with van der Waals surface area (Å²) in [5.74, 6) is -1.08. The Morgan fingerprint density at radius 3 is 0.846 bits per heavy atom. The largest absolute Gasteiger partial charge is 0.481 e. The molecule has 0 heterocycles. The zero-order valence-electron chi connectivity index (χ0n) is 35.7. The fourth-order valence-electron chi connectivity index (χ4n) is 7.79. The second kappa shape index (κ2) is 44.3. The second-order valence-electron chi connectivity index (χ2n) is 16.7. The fraction of sp³-hybridized carbons (Fsp3) is 0.958. The van der Waals surface area contributed by atoms with Gasteiger partial charge in [-0.1, -0.05) is 258 Å². The summed E-state index contributed by atoms with van der Waals surface area (Å²) in [7, 11) is 0. The summed E-state index contributed by atoms with van der Waals surface area (Å²) in [6, 6.07) is 0. The zero-order valence-corrected chi connectivity index (χ0v) is 35.7. The van der Waals surface area contributed by atoms with Gasteiger partial charge in [0.05, 0.1) is 6.42 Å². The van der Waals surface area contributed by atoms with Crippen LogP contribution in [0.1, 0.15) is 290 Å². The molecule has 0 aliphatic carbocycles. The molecular weight excluding hydrogens is 641 g/mol. The first-order valence-corrected chi connectivity index (χ1v) is 24.0. The van der Waals surface area contributed by atoms with Gasteiger partial charge in [-0.15, -0.1) is 0 Å². The maximum absolute atomic E-state index is 12.4. The molecule has 4 heteroatoms. The number of carbonyl (C=O) groups excluding carboxylic acids is 1. The predicted octanol–water partition coefficient (Wildman–Crippen LogP) is 16.8.